The molecule has 2 N–H and O–H groups in total. The maximum absolute atomic E-state index is 11.3. The van der Waals surface area contributed by atoms with Gasteiger partial charge >= 0.3 is 0 Å². The van der Waals surface area contributed by atoms with Crippen molar-refractivity contribution in [3.8, 4) is 0 Å². The fourth-order valence-electron chi connectivity index (χ4n) is 2.65. The molecule has 0 aromatic heterocycles. The molecule has 0 aliphatic carbocycles. The van der Waals surface area contributed by atoms with E-state index in [1.54, 1.807) is 0 Å². The summed E-state index contributed by atoms with van der Waals surface area (Å²) in [6, 6.07) is 0. The highest BCUT2D eigenvalue weighted by Gasteiger charge is 2.40. The standard InChI is InChI=1S/C13H22N2O/c1-4-7-13(8-5-2)10-11(12(14)16)6-9-15(13)3/h4-5,11H,1-2,6-10H2,3H3,(H2,14,16). The Morgan fingerprint density at radius 1 is 1.50 bits per heavy atom. The maximum atomic E-state index is 11.3. The second kappa shape index (κ2) is 5.30. The normalized spacial score (nSPS) is 24.9. The largest absolute Gasteiger partial charge is 0.369 e. The van der Waals surface area contributed by atoms with Crippen LogP contribution in [0, 0.1) is 5.92 Å². The van der Waals surface area contributed by atoms with E-state index in [2.05, 4.69) is 25.1 Å². The first kappa shape index (κ1) is 13.0. The fourth-order valence-corrected chi connectivity index (χ4v) is 2.65. The van der Waals surface area contributed by atoms with Gasteiger partial charge in [-0.1, -0.05) is 12.2 Å². The Balaban J connectivity index is 2.88. The van der Waals surface area contributed by atoms with Gasteiger partial charge in [0.2, 0.25) is 5.91 Å². The average molecular weight is 222 g/mol. The van der Waals surface area contributed by atoms with Crippen molar-refractivity contribution >= 4 is 5.91 Å². The van der Waals surface area contributed by atoms with Gasteiger partial charge in [-0.3, -0.25) is 4.79 Å². The zero-order valence-corrected chi connectivity index (χ0v) is 10.1. The van der Waals surface area contributed by atoms with Gasteiger partial charge < -0.3 is 10.6 Å². The van der Waals surface area contributed by atoms with Crippen molar-refractivity contribution in [3.63, 3.8) is 0 Å². The number of nitrogens with zero attached hydrogens (tertiary/aromatic N) is 1. The molecule has 0 radical (unpaired) electrons. The van der Waals surface area contributed by atoms with Gasteiger partial charge in [0.1, 0.15) is 0 Å². The molecule has 1 aliphatic rings. The topological polar surface area (TPSA) is 46.3 Å². The molecule has 1 heterocycles. The number of amides is 1. The summed E-state index contributed by atoms with van der Waals surface area (Å²) in [7, 11) is 2.10. The number of hydrogen-bond acceptors (Lipinski definition) is 2. The second-order valence-corrected chi connectivity index (χ2v) is 4.72. The highest BCUT2D eigenvalue weighted by Crippen LogP contribution is 2.36. The lowest BCUT2D eigenvalue weighted by atomic mass is 9.76. The molecule has 1 amide bonds. The minimum absolute atomic E-state index is 0.00361. The average Bonchev–Trinajstić information content (AvgIpc) is 2.22. The van der Waals surface area contributed by atoms with Crippen LogP contribution in [0.25, 0.3) is 0 Å². The first-order valence-electron chi connectivity index (χ1n) is 5.78. The van der Waals surface area contributed by atoms with E-state index in [9.17, 15) is 4.79 Å². The molecule has 1 saturated heterocycles. The molecule has 16 heavy (non-hydrogen) atoms. The third kappa shape index (κ3) is 2.53. The van der Waals surface area contributed by atoms with Crippen LogP contribution >= 0.6 is 0 Å². The number of primary amides is 1. The molecule has 1 fully saturated rings. The number of carbonyl (C=O) groups excluding carboxylic acids is 1. The number of nitrogens with two attached hydrogens (primary N) is 1. The summed E-state index contributed by atoms with van der Waals surface area (Å²) >= 11 is 0. The van der Waals surface area contributed by atoms with Crippen molar-refractivity contribution in [3.05, 3.63) is 25.3 Å². The molecule has 0 saturated carbocycles. The van der Waals surface area contributed by atoms with Gasteiger partial charge in [0.15, 0.2) is 0 Å². The third-order valence-corrected chi connectivity index (χ3v) is 3.70. The second-order valence-electron chi connectivity index (χ2n) is 4.72. The molecule has 0 spiro atoms. The van der Waals surface area contributed by atoms with Crippen LogP contribution in [0.2, 0.25) is 0 Å². The van der Waals surface area contributed by atoms with Gasteiger partial charge in [-0.2, -0.15) is 0 Å². The summed E-state index contributed by atoms with van der Waals surface area (Å²) in [5.74, 6) is -0.179. The predicted octanol–water partition coefficient (Wildman–Crippen LogP) is 1.70. The lowest BCUT2D eigenvalue weighted by Gasteiger charge is -2.47. The van der Waals surface area contributed by atoms with Crippen molar-refractivity contribution < 1.29 is 4.79 Å². The van der Waals surface area contributed by atoms with E-state index in [0.717, 1.165) is 32.2 Å². The number of rotatable bonds is 5. The Hall–Kier alpha value is -1.09. The summed E-state index contributed by atoms with van der Waals surface area (Å²) in [6.07, 6.45) is 7.27. The minimum Gasteiger partial charge on any atom is -0.369 e. The Kier molecular flexibility index (Phi) is 4.30. The van der Waals surface area contributed by atoms with E-state index in [0.29, 0.717) is 0 Å². The smallest absolute Gasteiger partial charge is 0.220 e. The zero-order chi connectivity index (χ0) is 12.2. The van der Waals surface area contributed by atoms with E-state index in [1.807, 2.05) is 12.2 Å². The zero-order valence-electron chi connectivity index (χ0n) is 10.1. The molecule has 0 aromatic carbocycles. The van der Waals surface area contributed by atoms with E-state index in [4.69, 9.17) is 5.73 Å². The minimum atomic E-state index is -0.175. The van der Waals surface area contributed by atoms with Crippen LogP contribution in [-0.2, 0) is 4.79 Å². The van der Waals surface area contributed by atoms with Crippen LogP contribution in [0.15, 0.2) is 25.3 Å². The van der Waals surface area contributed by atoms with Crippen LogP contribution < -0.4 is 5.73 Å². The van der Waals surface area contributed by atoms with Crippen molar-refractivity contribution in [2.75, 3.05) is 13.6 Å². The quantitative estimate of drug-likeness (QED) is 0.720. The van der Waals surface area contributed by atoms with E-state index in [-0.39, 0.29) is 17.4 Å². The molecule has 0 aromatic rings. The van der Waals surface area contributed by atoms with E-state index in [1.165, 1.54) is 0 Å². The molecule has 1 atom stereocenters. The van der Waals surface area contributed by atoms with Crippen molar-refractivity contribution in [2.24, 2.45) is 11.7 Å². The molecule has 90 valence electrons. The Morgan fingerprint density at radius 2 is 2.06 bits per heavy atom. The van der Waals surface area contributed by atoms with Gasteiger partial charge in [0.05, 0.1) is 0 Å². The molecule has 1 unspecified atom stereocenters. The molecular formula is C13H22N2O. The molecule has 1 aliphatic heterocycles. The Labute approximate surface area is 98.0 Å². The number of piperidine rings is 1. The van der Waals surface area contributed by atoms with Crippen LogP contribution in [-0.4, -0.2) is 29.9 Å². The first-order chi connectivity index (χ1) is 7.55. The first-order valence-corrected chi connectivity index (χ1v) is 5.78. The lowest BCUT2D eigenvalue weighted by Crippen LogP contribution is -2.53. The van der Waals surface area contributed by atoms with Gasteiger partial charge in [-0.05, 0) is 39.3 Å². The monoisotopic (exact) mass is 222 g/mol. The molecule has 0 bridgehead atoms. The predicted molar refractivity (Wildman–Crippen MR) is 66.9 cm³/mol. The van der Waals surface area contributed by atoms with Crippen molar-refractivity contribution in [2.45, 2.75) is 31.2 Å². The van der Waals surface area contributed by atoms with Crippen molar-refractivity contribution in [1.82, 2.24) is 4.90 Å². The number of carbonyl (C=O) groups is 1. The van der Waals surface area contributed by atoms with Gasteiger partial charge in [-0.25, -0.2) is 0 Å². The molecule has 3 nitrogen and oxygen atoms in total. The highest BCUT2D eigenvalue weighted by atomic mass is 16.1. The van der Waals surface area contributed by atoms with E-state index < -0.39 is 0 Å². The van der Waals surface area contributed by atoms with E-state index >= 15 is 0 Å². The summed E-state index contributed by atoms with van der Waals surface area (Å²) in [5.41, 5.74) is 5.40. The summed E-state index contributed by atoms with van der Waals surface area (Å²) < 4.78 is 0. The summed E-state index contributed by atoms with van der Waals surface area (Å²) in [5, 5.41) is 0. The number of likely N-dealkylation sites (tertiary alicyclic amines) is 1. The maximum Gasteiger partial charge on any atom is 0.220 e. The highest BCUT2D eigenvalue weighted by molar-refractivity contribution is 5.76. The summed E-state index contributed by atoms with van der Waals surface area (Å²) in [4.78, 5) is 13.6. The molecular weight excluding hydrogens is 200 g/mol. The Morgan fingerprint density at radius 3 is 2.50 bits per heavy atom. The Bertz CT molecular complexity index is 276. The lowest BCUT2D eigenvalue weighted by molar-refractivity contribution is -0.125. The fraction of sp³-hybridized carbons (Fsp3) is 0.615. The molecule has 1 rings (SSSR count). The summed E-state index contributed by atoms with van der Waals surface area (Å²) in [6.45, 7) is 8.53. The SMILES string of the molecule is C=CCC1(CC=C)CC(C(N)=O)CCN1C. The van der Waals surface area contributed by atoms with Gasteiger partial charge in [-0.15, -0.1) is 13.2 Å². The van der Waals surface area contributed by atoms with Crippen molar-refractivity contribution in [1.29, 1.82) is 0 Å². The van der Waals surface area contributed by atoms with Crippen LogP contribution in [0.5, 0.6) is 0 Å². The van der Waals surface area contributed by atoms with Crippen LogP contribution in [0.3, 0.4) is 0 Å². The van der Waals surface area contributed by atoms with Gasteiger partial charge in [0, 0.05) is 11.5 Å². The number of hydrogen-bond donors (Lipinski definition) is 1. The van der Waals surface area contributed by atoms with Crippen LogP contribution in [0.4, 0.5) is 0 Å². The molecule has 3 heteroatoms. The third-order valence-electron chi connectivity index (χ3n) is 3.70. The van der Waals surface area contributed by atoms with Gasteiger partial charge in [0.25, 0.3) is 0 Å². The van der Waals surface area contributed by atoms with Crippen LogP contribution in [0.1, 0.15) is 25.7 Å².